The zero-order valence-electron chi connectivity index (χ0n) is 15.2. The van der Waals surface area contributed by atoms with Gasteiger partial charge in [-0.05, 0) is 55.8 Å². The summed E-state index contributed by atoms with van der Waals surface area (Å²) >= 11 is 6.22. The van der Waals surface area contributed by atoms with Crippen molar-refractivity contribution in [3.63, 3.8) is 0 Å². The quantitative estimate of drug-likeness (QED) is 0.863. The Labute approximate surface area is 159 Å². The van der Waals surface area contributed by atoms with Crippen molar-refractivity contribution in [1.82, 2.24) is 4.90 Å². The first-order valence-corrected chi connectivity index (χ1v) is 9.24. The van der Waals surface area contributed by atoms with Crippen molar-refractivity contribution in [2.24, 2.45) is 0 Å². The lowest BCUT2D eigenvalue weighted by Gasteiger charge is -2.36. The molecule has 2 aromatic rings. The molecule has 3 rings (SSSR count). The minimum Gasteiger partial charge on any atom is -0.494 e. The smallest absolute Gasteiger partial charge is 0.321 e. The first kappa shape index (κ1) is 18.4. The molecule has 2 aromatic carbocycles. The Bertz CT molecular complexity index is 756. The van der Waals surface area contributed by atoms with E-state index in [1.165, 1.54) is 0 Å². The van der Waals surface area contributed by atoms with Gasteiger partial charge in [0.2, 0.25) is 0 Å². The summed E-state index contributed by atoms with van der Waals surface area (Å²) in [4.78, 5) is 16.6. The summed E-state index contributed by atoms with van der Waals surface area (Å²) in [7, 11) is 0. The van der Waals surface area contributed by atoms with Crippen molar-refractivity contribution in [3.8, 4) is 5.75 Å². The molecular formula is C20H24ClN3O2. The molecule has 1 aliphatic rings. The summed E-state index contributed by atoms with van der Waals surface area (Å²) in [5.74, 6) is 0.802. The lowest BCUT2D eigenvalue weighted by molar-refractivity contribution is 0.208. The number of aryl methyl sites for hydroxylation is 1. The van der Waals surface area contributed by atoms with Gasteiger partial charge in [0.15, 0.2) is 0 Å². The van der Waals surface area contributed by atoms with Crippen LogP contribution in [0.4, 0.5) is 16.2 Å². The largest absolute Gasteiger partial charge is 0.494 e. The number of rotatable bonds is 4. The molecule has 1 heterocycles. The first-order chi connectivity index (χ1) is 12.6. The van der Waals surface area contributed by atoms with Crippen LogP contribution in [-0.4, -0.2) is 43.7 Å². The number of nitrogens with one attached hydrogen (secondary N) is 1. The molecule has 5 nitrogen and oxygen atoms in total. The third kappa shape index (κ3) is 4.41. The van der Waals surface area contributed by atoms with Crippen LogP contribution in [0.5, 0.6) is 5.75 Å². The molecule has 0 radical (unpaired) electrons. The summed E-state index contributed by atoms with van der Waals surface area (Å²) < 4.78 is 5.41. The normalized spacial score (nSPS) is 14.3. The van der Waals surface area contributed by atoms with Crippen LogP contribution in [0.25, 0.3) is 0 Å². The number of carbonyl (C=O) groups excluding carboxylic acids is 1. The van der Waals surface area contributed by atoms with Crippen molar-refractivity contribution in [1.29, 1.82) is 0 Å². The third-order valence-corrected chi connectivity index (χ3v) is 4.91. The second kappa shape index (κ2) is 8.32. The predicted octanol–water partition coefficient (Wildman–Crippen LogP) is 4.40. The number of ether oxygens (including phenoxy) is 1. The molecule has 6 heteroatoms. The predicted molar refractivity (Wildman–Crippen MR) is 107 cm³/mol. The molecule has 0 atom stereocenters. The maximum atomic E-state index is 12.5. The monoisotopic (exact) mass is 373 g/mol. The van der Waals surface area contributed by atoms with Crippen LogP contribution < -0.4 is 15.0 Å². The average molecular weight is 374 g/mol. The molecular weight excluding hydrogens is 350 g/mol. The highest BCUT2D eigenvalue weighted by atomic mass is 35.5. The molecule has 0 bridgehead atoms. The molecule has 0 aliphatic carbocycles. The molecule has 2 amide bonds. The average Bonchev–Trinajstić information content (AvgIpc) is 2.66. The first-order valence-electron chi connectivity index (χ1n) is 8.86. The Morgan fingerprint density at radius 1 is 1.12 bits per heavy atom. The second-order valence-electron chi connectivity index (χ2n) is 6.30. The van der Waals surface area contributed by atoms with Gasteiger partial charge in [0.05, 0.1) is 6.61 Å². The van der Waals surface area contributed by atoms with Crippen LogP contribution in [0.2, 0.25) is 5.02 Å². The van der Waals surface area contributed by atoms with Crippen LogP contribution in [0.3, 0.4) is 0 Å². The Morgan fingerprint density at radius 3 is 2.42 bits per heavy atom. The fourth-order valence-corrected chi connectivity index (χ4v) is 3.12. The van der Waals surface area contributed by atoms with Crippen molar-refractivity contribution >= 4 is 29.0 Å². The highest BCUT2D eigenvalue weighted by molar-refractivity contribution is 6.31. The maximum absolute atomic E-state index is 12.5. The lowest BCUT2D eigenvalue weighted by atomic mass is 10.2. The Kier molecular flexibility index (Phi) is 5.89. The number of carbonyl (C=O) groups is 1. The molecule has 1 saturated heterocycles. The number of anilines is 2. The highest BCUT2D eigenvalue weighted by Gasteiger charge is 2.21. The standard InChI is InChI=1S/C20H24ClN3O2/c1-3-26-18-8-5-16(6-9-18)22-20(25)24-12-10-23(11-13-24)17-7-4-15(2)19(21)14-17/h4-9,14H,3,10-13H2,1-2H3,(H,22,25). The van der Waals surface area contributed by atoms with Crippen molar-refractivity contribution in [3.05, 3.63) is 53.1 Å². The van der Waals surface area contributed by atoms with E-state index in [4.69, 9.17) is 16.3 Å². The van der Waals surface area contributed by atoms with Gasteiger partial charge < -0.3 is 19.9 Å². The number of halogens is 1. The van der Waals surface area contributed by atoms with E-state index in [2.05, 4.69) is 16.3 Å². The number of amides is 2. The molecule has 26 heavy (non-hydrogen) atoms. The van der Waals surface area contributed by atoms with Gasteiger partial charge in [-0.25, -0.2) is 4.79 Å². The molecule has 0 aromatic heterocycles. The third-order valence-electron chi connectivity index (χ3n) is 4.50. The van der Waals surface area contributed by atoms with Crippen molar-refractivity contribution in [2.45, 2.75) is 13.8 Å². The minimum atomic E-state index is -0.0734. The van der Waals surface area contributed by atoms with E-state index >= 15 is 0 Å². The van der Waals surface area contributed by atoms with Gasteiger partial charge in [-0.15, -0.1) is 0 Å². The number of benzene rings is 2. The Hall–Kier alpha value is -2.40. The summed E-state index contributed by atoms with van der Waals surface area (Å²) in [5, 5.41) is 3.72. The number of nitrogens with zero attached hydrogens (tertiary/aromatic N) is 2. The highest BCUT2D eigenvalue weighted by Crippen LogP contribution is 2.24. The van der Waals surface area contributed by atoms with E-state index in [0.29, 0.717) is 19.7 Å². The van der Waals surface area contributed by atoms with Crippen LogP contribution in [-0.2, 0) is 0 Å². The van der Waals surface area contributed by atoms with E-state index in [9.17, 15) is 4.79 Å². The maximum Gasteiger partial charge on any atom is 0.321 e. The number of urea groups is 1. The van der Waals surface area contributed by atoms with Crippen LogP contribution in [0.15, 0.2) is 42.5 Å². The number of hydrogen-bond donors (Lipinski definition) is 1. The number of piperazine rings is 1. The molecule has 138 valence electrons. The van der Waals surface area contributed by atoms with Gasteiger partial charge >= 0.3 is 6.03 Å². The van der Waals surface area contributed by atoms with E-state index in [0.717, 1.165) is 40.8 Å². The fourth-order valence-electron chi connectivity index (χ4n) is 2.95. The molecule has 0 saturated carbocycles. The van der Waals surface area contributed by atoms with E-state index < -0.39 is 0 Å². The molecule has 1 aliphatic heterocycles. The zero-order valence-corrected chi connectivity index (χ0v) is 15.9. The van der Waals surface area contributed by atoms with Gasteiger partial charge in [0, 0.05) is 42.6 Å². The van der Waals surface area contributed by atoms with Crippen molar-refractivity contribution in [2.75, 3.05) is 43.0 Å². The van der Waals surface area contributed by atoms with Gasteiger partial charge in [-0.1, -0.05) is 17.7 Å². The summed E-state index contributed by atoms with van der Waals surface area (Å²) in [6.45, 7) is 7.49. The molecule has 1 N–H and O–H groups in total. The van der Waals surface area contributed by atoms with E-state index in [-0.39, 0.29) is 6.03 Å². The van der Waals surface area contributed by atoms with Crippen LogP contribution >= 0.6 is 11.6 Å². The summed E-state index contributed by atoms with van der Waals surface area (Å²) in [6, 6.07) is 13.5. The van der Waals surface area contributed by atoms with Gasteiger partial charge in [-0.2, -0.15) is 0 Å². The zero-order chi connectivity index (χ0) is 18.5. The van der Waals surface area contributed by atoms with Crippen LogP contribution in [0, 0.1) is 6.92 Å². The fraction of sp³-hybridized carbons (Fsp3) is 0.350. The van der Waals surface area contributed by atoms with Crippen LogP contribution in [0.1, 0.15) is 12.5 Å². The topological polar surface area (TPSA) is 44.8 Å². The lowest BCUT2D eigenvalue weighted by Crippen LogP contribution is -2.50. The molecule has 0 spiro atoms. The van der Waals surface area contributed by atoms with E-state index in [1.54, 1.807) is 0 Å². The number of hydrogen-bond acceptors (Lipinski definition) is 3. The molecule has 0 unspecified atom stereocenters. The minimum absolute atomic E-state index is 0.0734. The SMILES string of the molecule is CCOc1ccc(NC(=O)N2CCN(c3ccc(C)c(Cl)c3)CC2)cc1. The van der Waals surface area contributed by atoms with Gasteiger partial charge in [0.1, 0.15) is 5.75 Å². The molecule has 1 fully saturated rings. The van der Waals surface area contributed by atoms with Gasteiger partial charge in [0.25, 0.3) is 0 Å². The van der Waals surface area contributed by atoms with E-state index in [1.807, 2.05) is 55.1 Å². The van der Waals surface area contributed by atoms with Crippen molar-refractivity contribution < 1.29 is 9.53 Å². The Morgan fingerprint density at radius 2 is 1.81 bits per heavy atom. The van der Waals surface area contributed by atoms with Gasteiger partial charge in [-0.3, -0.25) is 0 Å². The summed E-state index contributed by atoms with van der Waals surface area (Å²) in [6.07, 6.45) is 0. The second-order valence-corrected chi connectivity index (χ2v) is 6.70. The Balaban J connectivity index is 1.53. The summed E-state index contributed by atoms with van der Waals surface area (Å²) in [5.41, 5.74) is 2.95.